The van der Waals surface area contributed by atoms with E-state index in [0.29, 0.717) is 16.4 Å². The lowest BCUT2D eigenvalue weighted by Gasteiger charge is -2.07. The van der Waals surface area contributed by atoms with Gasteiger partial charge in [-0.3, -0.25) is 5.10 Å². The number of nitrogens with zero attached hydrogens (tertiary/aromatic N) is 3. The third-order valence-corrected chi connectivity index (χ3v) is 6.41. The van der Waals surface area contributed by atoms with E-state index in [9.17, 15) is 5.26 Å². The lowest BCUT2D eigenvalue weighted by Crippen LogP contribution is -1.90. The molecule has 4 aromatic rings. The van der Waals surface area contributed by atoms with Crippen LogP contribution in [0.1, 0.15) is 5.56 Å². The van der Waals surface area contributed by atoms with Gasteiger partial charge < -0.3 is 5.73 Å². The number of hydrogen-bond donors (Lipinski definition) is 2. The Kier molecular flexibility index (Phi) is 4.86. The fourth-order valence-corrected chi connectivity index (χ4v) is 5.23. The van der Waals surface area contributed by atoms with Crippen molar-refractivity contribution in [1.82, 2.24) is 15.2 Å². The molecule has 3 aromatic heterocycles. The zero-order valence-electron chi connectivity index (χ0n) is 13.7. The Hall–Kier alpha value is -2.41. The number of hydrogen-bond acceptors (Lipinski definition) is 5. The van der Waals surface area contributed by atoms with Crippen molar-refractivity contribution in [3.05, 3.63) is 62.9 Å². The molecule has 0 saturated heterocycles. The highest BCUT2D eigenvalue weighted by molar-refractivity contribution is 14.1. The molecular weight excluding hydrogens is 493 g/mol. The van der Waals surface area contributed by atoms with E-state index in [1.54, 1.807) is 18.5 Å². The summed E-state index contributed by atoms with van der Waals surface area (Å²) in [5.74, 6) is 0.413. The summed E-state index contributed by atoms with van der Waals surface area (Å²) in [6.45, 7) is 0. The number of halogens is 2. The van der Waals surface area contributed by atoms with Crippen LogP contribution < -0.4 is 5.73 Å². The first-order valence-corrected chi connectivity index (χ1v) is 10.1. The maximum Gasteiger partial charge on any atom is 0.123 e. The largest absolute Gasteiger partial charge is 0.384 e. The second-order valence-electron chi connectivity index (χ2n) is 5.69. The summed E-state index contributed by atoms with van der Waals surface area (Å²) in [5, 5.41) is 17.7. The number of aromatic amines is 1. The number of H-pyrrole nitrogens is 1. The maximum absolute atomic E-state index is 10.0. The third-order valence-electron chi connectivity index (χ3n) is 4.01. The molecule has 8 heteroatoms. The van der Waals surface area contributed by atoms with Crippen molar-refractivity contribution in [2.45, 2.75) is 0 Å². The Morgan fingerprint density at radius 3 is 2.67 bits per heavy atom. The molecule has 0 fully saturated rings. The molecule has 3 heterocycles. The Morgan fingerprint density at radius 2 is 2.00 bits per heavy atom. The normalized spacial score (nSPS) is 10.7. The summed E-state index contributed by atoms with van der Waals surface area (Å²) in [6, 6.07) is 13.6. The van der Waals surface area contributed by atoms with Gasteiger partial charge in [-0.15, -0.1) is 11.3 Å². The Labute approximate surface area is 178 Å². The summed E-state index contributed by atoms with van der Waals surface area (Å²) in [4.78, 5) is 5.83. The van der Waals surface area contributed by atoms with Crippen LogP contribution in [0, 0.1) is 14.9 Å². The fourth-order valence-electron chi connectivity index (χ4n) is 2.85. The summed E-state index contributed by atoms with van der Waals surface area (Å²) in [7, 11) is 0. The molecule has 0 saturated carbocycles. The van der Waals surface area contributed by atoms with Crippen LogP contribution in [0.2, 0.25) is 5.02 Å². The Balaban J connectivity index is 2.06. The van der Waals surface area contributed by atoms with Crippen molar-refractivity contribution in [3.63, 3.8) is 0 Å². The quantitative estimate of drug-likeness (QED) is 0.357. The molecule has 0 unspecified atom stereocenters. The van der Waals surface area contributed by atoms with E-state index in [-0.39, 0.29) is 0 Å². The molecule has 0 atom stereocenters. The molecule has 0 radical (unpaired) electrons. The lowest BCUT2D eigenvalue weighted by molar-refractivity contribution is 1.10. The van der Waals surface area contributed by atoms with Crippen molar-refractivity contribution < 1.29 is 0 Å². The zero-order valence-corrected chi connectivity index (χ0v) is 17.4. The van der Waals surface area contributed by atoms with Crippen LogP contribution in [-0.2, 0) is 0 Å². The number of pyridine rings is 1. The molecule has 4 rings (SSSR count). The zero-order chi connectivity index (χ0) is 19.0. The van der Waals surface area contributed by atoms with Gasteiger partial charge >= 0.3 is 0 Å². The highest BCUT2D eigenvalue weighted by Crippen LogP contribution is 2.47. The summed E-state index contributed by atoms with van der Waals surface area (Å²) >= 11 is 9.90. The number of nitrogen functional groups attached to an aromatic ring is 1. The minimum Gasteiger partial charge on any atom is -0.384 e. The first kappa shape index (κ1) is 18.0. The fraction of sp³-hybridized carbons (Fsp3) is 0. The predicted octanol–water partition coefficient (Wildman–Crippen LogP) is 5.58. The minimum atomic E-state index is 0.413. The second-order valence-corrected chi connectivity index (χ2v) is 8.31. The molecule has 132 valence electrons. The number of nitrogens with two attached hydrogens (primary N) is 1. The van der Waals surface area contributed by atoms with Crippen LogP contribution >= 0.6 is 45.5 Å². The molecule has 5 nitrogen and oxygen atoms in total. The van der Waals surface area contributed by atoms with Crippen LogP contribution in [0.3, 0.4) is 0 Å². The van der Waals surface area contributed by atoms with Crippen molar-refractivity contribution in [2.24, 2.45) is 0 Å². The smallest absolute Gasteiger partial charge is 0.123 e. The van der Waals surface area contributed by atoms with Crippen LogP contribution in [0.15, 0.2) is 48.8 Å². The number of thiophene rings is 1. The monoisotopic (exact) mass is 503 g/mol. The third kappa shape index (κ3) is 3.32. The van der Waals surface area contributed by atoms with Gasteiger partial charge in [0.05, 0.1) is 21.0 Å². The summed E-state index contributed by atoms with van der Waals surface area (Å²) in [5.41, 5.74) is 9.97. The molecule has 0 spiro atoms. The van der Waals surface area contributed by atoms with Gasteiger partial charge in [-0.25, -0.2) is 4.98 Å². The van der Waals surface area contributed by atoms with E-state index >= 15 is 0 Å². The average Bonchev–Trinajstić information content (AvgIpc) is 3.29. The van der Waals surface area contributed by atoms with Crippen molar-refractivity contribution in [3.8, 4) is 38.2 Å². The van der Waals surface area contributed by atoms with Gasteiger partial charge in [-0.1, -0.05) is 17.7 Å². The first-order chi connectivity index (χ1) is 13.1. The molecule has 1 aromatic carbocycles. The van der Waals surface area contributed by atoms with Crippen LogP contribution in [0.5, 0.6) is 0 Å². The van der Waals surface area contributed by atoms with Crippen LogP contribution in [0.25, 0.3) is 32.1 Å². The van der Waals surface area contributed by atoms with Crippen molar-refractivity contribution in [1.29, 1.82) is 5.26 Å². The lowest BCUT2D eigenvalue weighted by atomic mass is 9.98. The van der Waals surface area contributed by atoms with Crippen LogP contribution in [0.4, 0.5) is 5.82 Å². The molecular formula is C19H11ClIN5S. The summed E-state index contributed by atoms with van der Waals surface area (Å²) < 4.78 is 0.968. The molecule has 27 heavy (non-hydrogen) atoms. The van der Waals surface area contributed by atoms with Gasteiger partial charge in [0.1, 0.15) is 11.9 Å². The van der Waals surface area contributed by atoms with Gasteiger partial charge in [0, 0.05) is 26.5 Å². The molecule has 0 aliphatic heterocycles. The Morgan fingerprint density at radius 1 is 1.15 bits per heavy atom. The van der Waals surface area contributed by atoms with E-state index < -0.39 is 0 Å². The number of rotatable bonds is 3. The average molecular weight is 504 g/mol. The Bertz CT molecular complexity index is 1180. The number of aromatic nitrogens is 3. The van der Waals surface area contributed by atoms with E-state index in [1.165, 1.54) is 11.3 Å². The SMILES string of the molecule is N#Cc1c(-c2ccnc(N)c2)sc(-c2ccn[nH]2)c1-c1ccc(Cl)cc1I. The van der Waals surface area contributed by atoms with E-state index in [4.69, 9.17) is 17.3 Å². The number of benzene rings is 1. The van der Waals surface area contributed by atoms with Crippen LogP contribution in [-0.4, -0.2) is 15.2 Å². The second kappa shape index (κ2) is 7.31. The number of nitrogens with one attached hydrogen (secondary N) is 1. The molecule has 0 bridgehead atoms. The van der Waals surface area contributed by atoms with Gasteiger partial charge in [0.25, 0.3) is 0 Å². The van der Waals surface area contributed by atoms with Gasteiger partial charge in [0.2, 0.25) is 0 Å². The highest BCUT2D eigenvalue weighted by Gasteiger charge is 2.24. The maximum atomic E-state index is 10.0. The predicted molar refractivity (Wildman–Crippen MR) is 117 cm³/mol. The standard InChI is InChI=1S/C19H11ClIN5S/c20-11-1-2-12(14(21)8-11)17-13(9-22)18(10-3-5-24-16(23)7-10)27-19(17)15-4-6-25-26-15/h1-8H,(H2,23,24)(H,25,26). The van der Waals surface area contributed by atoms with E-state index in [0.717, 1.165) is 35.7 Å². The molecule has 0 aliphatic rings. The highest BCUT2D eigenvalue weighted by atomic mass is 127. The number of anilines is 1. The van der Waals surface area contributed by atoms with E-state index in [2.05, 4.69) is 43.8 Å². The van der Waals surface area contributed by atoms with Gasteiger partial charge in [0.15, 0.2) is 0 Å². The van der Waals surface area contributed by atoms with Crippen molar-refractivity contribution >= 4 is 51.3 Å². The van der Waals surface area contributed by atoms with Gasteiger partial charge in [-0.2, -0.15) is 10.4 Å². The van der Waals surface area contributed by atoms with Crippen molar-refractivity contribution in [2.75, 3.05) is 5.73 Å². The van der Waals surface area contributed by atoms with E-state index in [1.807, 2.05) is 30.3 Å². The molecule has 0 amide bonds. The number of nitriles is 1. The van der Waals surface area contributed by atoms with Gasteiger partial charge in [-0.05, 0) is 64.0 Å². The minimum absolute atomic E-state index is 0.413. The molecule has 0 aliphatic carbocycles. The molecule has 3 N–H and O–H groups in total. The topological polar surface area (TPSA) is 91.4 Å². The first-order valence-electron chi connectivity index (χ1n) is 7.82. The summed E-state index contributed by atoms with van der Waals surface area (Å²) in [6.07, 6.45) is 3.34.